The molecule has 0 aromatic heterocycles. The number of hydrogen-bond acceptors (Lipinski definition) is 7. The van der Waals surface area contributed by atoms with E-state index in [1.54, 1.807) is 40.1 Å². The Balaban J connectivity index is 1.47. The van der Waals surface area contributed by atoms with Crippen LogP contribution in [0, 0.1) is 25.2 Å². The second-order valence-electron chi connectivity index (χ2n) is 10.9. The fraction of sp³-hybridized carbons (Fsp3) is 0.679. The third kappa shape index (κ3) is 6.38. The number of likely N-dealkylation sites (tertiary alicyclic amines) is 1. The molecule has 1 saturated heterocycles. The first-order valence-corrected chi connectivity index (χ1v) is 14.7. The van der Waals surface area contributed by atoms with Crippen LogP contribution in [0.1, 0.15) is 43.7 Å². The van der Waals surface area contributed by atoms with E-state index in [9.17, 15) is 13.2 Å². The van der Waals surface area contributed by atoms with Crippen molar-refractivity contribution in [2.24, 2.45) is 11.3 Å². The molecule has 0 bridgehead atoms. The average Bonchev–Trinajstić information content (AvgIpc) is 3.37. The fourth-order valence-electron chi connectivity index (χ4n) is 5.83. The van der Waals surface area contributed by atoms with Gasteiger partial charge in [-0.25, -0.2) is 8.42 Å². The fourth-order valence-corrected chi connectivity index (χ4v) is 7.39. The zero-order valence-electron chi connectivity index (χ0n) is 23.5. The molecule has 1 saturated carbocycles. The minimum Gasteiger partial charge on any atom is -0.497 e. The Kier molecular flexibility index (Phi) is 9.83. The molecule has 1 aromatic carbocycles. The highest BCUT2D eigenvalue weighted by molar-refractivity contribution is 7.89. The number of methoxy groups -OCH3 is 1. The predicted molar refractivity (Wildman–Crippen MR) is 146 cm³/mol. The van der Waals surface area contributed by atoms with E-state index in [0.717, 1.165) is 31.4 Å². The lowest BCUT2D eigenvalue weighted by atomic mass is 9.56. The van der Waals surface area contributed by atoms with Crippen molar-refractivity contribution in [3.05, 3.63) is 35.5 Å². The topological polar surface area (TPSA) is 79.4 Å². The van der Waals surface area contributed by atoms with Gasteiger partial charge < -0.3 is 24.1 Å². The Morgan fingerprint density at radius 2 is 1.84 bits per heavy atom. The number of hydrogen-bond donors (Lipinski definition) is 0. The molecule has 9 heteroatoms. The first kappa shape index (κ1) is 29.6. The number of benzene rings is 1. The summed E-state index contributed by atoms with van der Waals surface area (Å²) in [4.78, 5) is 17.0. The van der Waals surface area contributed by atoms with E-state index in [4.69, 9.17) is 9.47 Å². The minimum absolute atomic E-state index is 0.105. The summed E-state index contributed by atoms with van der Waals surface area (Å²) in [6, 6.07) is 3.57. The van der Waals surface area contributed by atoms with Gasteiger partial charge in [-0.05, 0) is 88.3 Å². The van der Waals surface area contributed by atoms with Crippen molar-refractivity contribution in [3.8, 4) is 5.75 Å². The zero-order chi connectivity index (χ0) is 27.4. The molecule has 0 N–H and O–H groups in total. The highest BCUT2D eigenvalue weighted by atomic mass is 32.2. The summed E-state index contributed by atoms with van der Waals surface area (Å²) >= 11 is 0. The van der Waals surface area contributed by atoms with Crippen molar-refractivity contribution in [1.29, 1.82) is 0 Å². The van der Waals surface area contributed by atoms with Gasteiger partial charge in [0.25, 0.3) is 0 Å². The summed E-state index contributed by atoms with van der Waals surface area (Å²) in [6.45, 7) is 14.0. The van der Waals surface area contributed by atoms with Crippen LogP contribution in [0.5, 0.6) is 5.75 Å². The van der Waals surface area contributed by atoms with E-state index in [1.807, 2.05) is 7.05 Å². The molecule has 1 unspecified atom stereocenters. The Morgan fingerprint density at radius 3 is 2.41 bits per heavy atom. The van der Waals surface area contributed by atoms with E-state index in [1.165, 1.54) is 30.2 Å². The lowest BCUT2D eigenvalue weighted by Crippen LogP contribution is -2.60. The molecule has 2 fully saturated rings. The van der Waals surface area contributed by atoms with Gasteiger partial charge in [0.1, 0.15) is 12.0 Å². The first-order valence-electron chi connectivity index (χ1n) is 13.2. The molecule has 2 aliphatic rings. The molecule has 0 radical (unpaired) electrons. The maximum atomic E-state index is 13.2. The van der Waals surface area contributed by atoms with Crippen LogP contribution in [0.4, 0.5) is 0 Å². The van der Waals surface area contributed by atoms with Crippen molar-refractivity contribution < 1.29 is 22.7 Å². The Labute approximate surface area is 223 Å². The number of likely N-dealkylation sites (N-methyl/N-ethyl adjacent to an activating group) is 2. The van der Waals surface area contributed by atoms with Gasteiger partial charge in [0.05, 0.1) is 25.2 Å². The molecule has 8 nitrogen and oxygen atoms in total. The van der Waals surface area contributed by atoms with E-state index in [2.05, 4.69) is 23.3 Å². The molecular formula is C28H45N3O5S. The van der Waals surface area contributed by atoms with E-state index in [-0.39, 0.29) is 31.2 Å². The Morgan fingerprint density at radius 1 is 1.22 bits per heavy atom. The molecule has 0 amide bonds. The monoisotopic (exact) mass is 535 g/mol. The van der Waals surface area contributed by atoms with Crippen LogP contribution < -0.4 is 4.74 Å². The average molecular weight is 536 g/mol. The van der Waals surface area contributed by atoms with Crippen LogP contribution in [-0.2, 0) is 19.6 Å². The molecule has 1 aliphatic carbocycles. The SMILES string of the molecule is C=C(COCCN(C)S(=O)(=O)c1c(C)cc(OC)cc1C)N(C)[C@@H]1C[C@H](CCN2CCCC2)C1(C)C=O. The number of carbonyl (C=O) groups excluding carboxylic acids is 1. The number of aryl methyl sites for hydroxylation is 2. The van der Waals surface area contributed by atoms with Crippen molar-refractivity contribution >= 4 is 16.3 Å². The van der Waals surface area contributed by atoms with Crippen LogP contribution in [0.15, 0.2) is 29.3 Å². The molecule has 1 heterocycles. The molecule has 37 heavy (non-hydrogen) atoms. The molecule has 3 atom stereocenters. The molecule has 3 rings (SSSR count). The lowest BCUT2D eigenvalue weighted by molar-refractivity contribution is -0.135. The van der Waals surface area contributed by atoms with Gasteiger partial charge in [0, 0.05) is 37.8 Å². The van der Waals surface area contributed by atoms with Gasteiger partial charge in [-0.2, -0.15) is 4.31 Å². The Bertz CT molecular complexity index is 1050. The highest BCUT2D eigenvalue weighted by Crippen LogP contribution is 2.50. The van der Waals surface area contributed by atoms with Gasteiger partial charge in [-0.15, -0.1) is 0 Å². The summed E-state index contributed by atoms with van der Waals surface area (Å²) in [5.41, 5.74) is 1.71. The van der Waals surface area contributed by atoms with Gasteiger partial charge in [-0.3, -0.25) is 0 Å². The zero-order valence-corrected chi connectivity index (χ0v) is 24.3. The van der Waals surface area contributed by atoms with Crippen LogP contribution >= 0.6 is 0 Å². The lowest BCUT2D eigenvalue weighted by Gasteiger charge is -2.55. The normalized spacial score (nSPS) is 24.2. The van der Waals surface area contributed by atoms with Crippen LogP contribution in [-0.4, -0.2) is 95.4 Å². The second kappa shape index (κ2) is 12.3. The number of sulfonamides is 1. The van der Waals surface area contributed by atoms with Crippen LogP contribution in [0.2, 0.25) is 0 Å². The van der Waals surface area contributed by atoms with Crippen molar-refractivity contribution in [1.82, 2.24) is 14.1 Å². The summed E-state index contributed by atoms with van der Waals surface area (Å²) in [5, 5.41) is 0. The van der Waals surface area contributed by atoms with Gasteiger partial charge in [0.2, 0.25) is 10.0 Å². The largest absolute Gasteiger partial charge is 0.497 e. The standard InChI is InChI=1S/C28H45N3O5S/c1-21-16-25(35-7)17-22(2)27(21)37(33,34)29(5)14-15-36-19-23(3)30(6)26-18-24(28(26,4)20-32)10-13-31-11-8-9-12-31/h16-17,20,24,26H,3,8-15,18-19H2,1-2,4-7H3/t24-,26+,28?/m0/s1. The van der Waals surface area contributed by atoms with Gasteiger partial charge >= 0.3 is 0 Å². The number of aldehydes is 1. The maximum Gasteiger partial charge on any atom is 0.243 e. The van der Waals surface area contributed by atoms with E-state index in [0.29, 0.717) is 27.7 Å². The molecule has 0 spiro atoms. The van der Waals surface area contributed by atoms with Gasteiger partial charge in [0.15, 0.2) is 0 Å². The predicted octanol–water partition coefficient (Wildman–Crippen LogP) is 3.47. The number of carbonyl (C=O) groups is 1. The van der Waals surface area contributed by atoms with Gasteiger partial charge in [-0.1, -0.05) is 13.5 Å². The van der Waals surface area contributed by atoms with Crippen LogP contribution in [0.25, 0.3) is 0 Å². The third-order valence-corrected chi connectivity index (χ3v) is 10.6. The summed E-state index contributed by atoms with van der Waals surface area (Å²) in [5.74, 6) is 1.02. The Hall–Kier alpha value is -1.94. The van der Waals surface area contributed by atoms with Crippen molar-refractivity contribution in [2.45, 2.75) is 57.4 Å². The highest BCUT2D eigenvalue weighted by Gasteiger charge is 2.53. The van der Waals surface area contributed by atoms with Crippen molar-refractivity contribution in [2.75, 3.05) is 60.6 Å². The number of ether oxygens (including phenoxy) is 2. The number of rotatable bonds is 14. The van der Waals surface area contributed by atoms with Crippen LogP contribution in [0.3, 0.4) is 0 Å². The minimum atomic E-state index is -3.66. The number of nitrogens with zero attached hydrogens (tertiary/aromatic N) is 3. The third-order valence-electron chi connectivity index (χ3n) is 8.48. The van der Waals surface area contributed by atoms with E-state index >= 15 is 0 Å². The smallest absolute Gasteiger partial charge is 0.243 e. The summed E-state index contributed by atoms with van der Waals surface area (Å²) < 4.78 is 38.8. The van der Waals surface area contributed by atoms with E-state index < -0.39 is 10.0 Å². The first-order chi connectivity index (χ1) is 17.4. The molecule has 1 aliphatic heterocycles. The maximum absolute atomic E-state index is 13.2. The molecule has 1 aromatic rings. The quantitative estimate of drug-likeness (QED) is 0.267. The molecular weight excluding hydrogens is 490 g/mol. The summed E-state index contributed by atoms with van der Waals surface area (Å²) in [7, 11) is 1.44. The summed E-state index contributed by atoms with van der Waals surface area (Å²) in [6.07, 6.45) is 5.71. The van der Waals surface area contributed by atoms with Crippen molar-refractivity contribution in [3.63, 3.8) is 0 Å². The second-order valence-corrected chi connectivity index (χ2v) is 12.9. The molecule has 208 valence electrons.